The smallest absolute Gasteiger partial charge is 0.0434 e. The fraction of sp³-hybridized carbons (Fsp3) is 0.138. The standard InChI is InChI=1S/C65H48O/c1-64(2)56-33-42(17-24-50(56)52-26-19-44(35-58(52)64)48-22-14-40-11-10-38-8-5-9-39-16-28-54(48)62(40)60(38)39)43-18-25-51-53-27-20-45(36-59(53)65(3,4)57(51)34-43)49-23-15-41-12-13-46-31-37(7-6-30-66)32-47-21-29-55(49)63(41)61(46)47/h5,8-29,31-36,66H,6-7,30H2,1-4H3. The first-order chi connectivity index (χ1) is 32.2. The van der Waals surface area contributed by atoms with Crippen LogP contribution in [-0.2, 0) is 17.3 Å². The highest BCUT2D eigenvalue weighted by molar-refractivity contribution is 6.27. The molecule has 0 aliphatic heterocycles. The number of rotatable bonds is 6. The van der Waals surface area contributed by atoms with Gasteiger partial charge in [0.15, 0.2) is 0 Å². The molecule has 0 amide bonds. The topological polar surface area (TPSA) is 20.2 Å². The van der Waals surface area contributed by atoms with Crippen LogP contribution in [0.15, 0.2) is 176 Å². The molecule has 1 nitrogen and oxygen atoms in total. The van der Waals surface area contributed by atoms with E-state index in [0.29, 0.717) is 0 Å². The van der Waals surface area contributed by atoms with Gasteiger partial charge in [-0.2, -0.15) is 0 Å². The van der Waals surface area contributed by atoms with Crippen molar-refractivity contribution in [1.29, 1.82) is 0 Å². The predicted molar refractivity (Wildman–Crippen MR) is 281 cm³/mol. The van der Waals surface area contributed by atoms with Crippen molar-refractivity contribution in [1.82, 2.24) is 0 Å². The normalized spacial score (nSPS) is 14.6. The summed E-state index contributed by atoms with van der Waals surface area (Å²) in [6.07, 6.45) is 1.67. The molecule has 0 saturated heterocycles. The summed E-state index contributed by atoms with van der Waals surface area (Å²) >= 11 is 0. The lowest BCUT2D eigenvalue weighted by Crippen LogP contribution is -2.15. The van der Waals surface area contributed by atoms with Crippen molar-refractivity contribution in [3.63, 3.8) is 0 Å². The highest BCUT2D eigenvalue weighted by atomic mass is 16.2. The molecule has 0 aromatic heterocycles. The Morgan fingerprint density at radius 1 is 0.333 bits per heavy atom. The molecule has 0 unspecified atom stereocenters. The summed E-state index contributed by atoms with van der Waals surface area (Å²) in [6.45, 7) is 9.85. The minimum Gasteiger partial charge on any atom is -0.396 e. The lowest BCUT2D eigenvalue weighted by atomic mass is 9.79. The highest BCUT2D eigenvalue weighted by Crippen LogP contribution is 2.54. The van der Waals surface area contributed by atoms with Crippen LogP contribution in [-0.4, -0.2) is 11.7 Å². The second-order valence-electron chi connectivity index (χ2n) is 20.4. The van der Waals surface area contributed by atoms with Crippen LogP contribution in [0.5, 0.6) is 0 Å². The number of hydrogen-bond acceptors (Lipinski definition) is 1. The third-order valence-electron chi connectivity index (χ3n) is 16.1. The Labute approximate surface area is 385 Å². The fourth-order valence-corrected chi connectivity index (χ4v) is 12.7. The molecule has 0 saturated carbocycles. The molecule has 66 heavy (non-hydrogen) atoms. The van der Waals surface area contributed by atoms with E-state index in [4.69, 9.17) is 0 Å². The van der Waals surface area contributed by atoms with Crippen LogP contribution < -0.4 is 0 Å². The number of aryl methyl sites for hydroxylation is 1. The average Bonchev–Trinajstić information content (AvgIpc) is 3.71. The zero-order valence-electron chi connectivity index (χ0n) is 37.8. The van der Waals surface area contributed by atoms with Gasteiger partial charge in [0.1, 0.15) is 0 Å². The van der Waals surface area contributed by atoms with Crippen LogP contribution >= 0.6 is 0 Å². The summed E-state index contributed by atoms with van der Waals surface area (Å²) in [5, 5.41) is 25.3. The largest absolute Gasteiger partial charge is 0.396 e. The predicted octanol–water partition coefficient (Wildman–Crippen LogP) is 17.0. The monoisotopic (exact) mass is 844 g/mol. The van der Waals surface area contributed by atoms with Crippen molar-refractivity contribution < 1.29 is 5.11 Å². The lowest BCUT2D eigenvalue weighted by Gasteiger charge is -2.24. The average molecular weight is 845 g/mol. The number of hydrogen-bond donors (Lipinski definition) is 1. The van der Waals surface area contributed by atoms with Gasteiger partial charge in [0, 0.05) is 17.4 Å². The minimum absolute atomic E-state index is 0.155. The van der Waals surface area contributed by atoms with Gasteiger partial charge in [0.2, 0.25) is 0 Å². The molecular formula is C65H48O. The second-order valence-corrected chi connectivity index (χ2v) is 20.4. The molecule has 14 rings (SSSR count). The molecule has 0 spiro atoms. The summed E-state index contributed by atoms with van der Waals surface area (Å²) < 4.78 is 0. The number of fused-ring (bicyclic) bond motifs is 6. The Morgan fingerprint density at radius 2 is 0.682 bits per heavy atom. The van der Waals surface area contributed by atoms with Crippen molar-refractivity contribution in [2.75, 3.05) is 6.61 Å². The van der Waals surface area contributed by atoms with Crippen molar-refractivity contribution >= 4 is 64.6 Å². The van der Waals surface area contributed by atoms with E-state index in [-0.39, 0.29) is 17.4 Å². The fourth-order valence-electron chi connectivity index (χ4n) is 12.7. The lowest BCUT2D eigenvalue weighted by molar-refractivity contribution is 0.288. The van der Waals surface area contributed by atoms with E-state index < -0.39 is 0 Å². The molecule has 1 heteroatoms. The van der Waals surface area contributed by atoms with E-state index in [0.717, 1.165) is 12.8 Å². The molecule has 2 aliphatic carbocycles. The van der Waals surface area contributed by atoms with Crippen molar-refractivity contribution in [3.8, 4) is 55.6 Å². The van der Waals surface area contributed by atoms with Gasteiger partial charge in [-0.3, -0.25) is 0 Å². The molecule has 0 radical (unpaired) electrons. The molecular weight excluding hydrogens is 797 g/mol. The molecule has 0 heterocycles. The number of benzene rings is 12. The van der Waals surface area contributed by atoms with Gasteiger partial charge in [-0.05, 0) is 185 Å². The van der Waals surface area contributed by atoms with E-state index in [9.17, 15) is 5.11 Å². The van der Waals surface area contributed by atoms with Crippen LogP contribution in [0.4, 0.5) is 0 Å². The van der Waals surface area contributed by atoms with Crippen LogP contribution in [0.25, 0.3) is 120 Å². The Balaban J connectivity index is 0.809. The maximum Gasteiger partial charge on any atom is 0.0434 e. The molecule has 0 atom stereocenters. The zero-order valence-corrected chi connectivity index (χ0v) is 37.8. The van der Waals surface area contributed by atoms with Gasteiger partial charge in [-0.1, -0.05) is 179 Å². The van der Waals surface area contributed by atoms with Gasteiger partial charge in [0.25, 0.3) is 0 Å². The van der Waals surface area contributed by atoms with Crippen molar-refractivity contribution in [2.24, 2.45) is 0 Å². The Bertz CT molecular complexity index is 3990. The van der Waals surface area contributed by atoms with E-state index in [1.54, 1.807) is 0 Å². The van der Waals surface area contributed by atoms with Crippen LogP contribution in [0.1, 0.15) is 61.9 Å². The van der Waals surface area contributed by atoms with Crippen LogP contribution in [0.2, 0.25) is 0 Å². The van der Waals surface area contributed by atoms with E-state index in [1.165, 1.54) is 148 Å². The Hall–Kier alpha value is -7.32. The van der Waals surface area contributed by atoms with Gasteiger partial charge >= 0.3 is 0 Å². The molecule has 12 aromatic rings. The molecule has 12 aromatic carbocycles. The maximum atomic E-state index is 9.49. The van der Waals surface area contributed by atoms with E-state index in [1.807, 2.05) is 0 Å². The van der Waals surface area contributed by atoms with Crippen molar-refractivity contribution in [2.45, 2.75) is 51.4 Å². The van der Waals surface area contributed by atoms with Gasteiger partial charge in [0.05, 0.1) is 0 Å². The first-order valence-electron chi connectivity index (χ1n) is 23.7. The third kappa shape index (κ3) is 5.15. The summed E-state index contributed by atoms with van der Waals surface area (Å²) in [5.41, 5.74) is 19.5. The van der Waals surface area contributed by atoms with Crippen molar-refractivity contribution in [3.05, 3.63) is 204 Å². The van der Waals surface area contributed by atoms with E-state index >= 15 is 0 Å². The molecule has 0 bridgehead atoms. The Kier molecular flexibility index (Phi) is 7.70. The summed E-state index contributed by atoms with van der Waals surface area (Å²) in [6, 6.07) is 67.7. The van der Waals surface area contributed by atoms with Gasteiger partial charge in [-0.15, -0.1) is 0 Å². The zero-order chi connectivity index (χ0) is 44.2. The number of aliphatic hydroxyl groups excluding tert-OH is 1. The molecule has 0 fully saturated rings. The van der Waals surface area contributed by atoms with Crippen LogP contribution in [0, 0.1) is 0 Å². The SMILES string of the molecule is CC1(C)c2cc(-c3ccc4c(c3)C(C)(C)c3cc(-c5ccc6ccc7cc(CCCO)cc8ccc5c6c78)ccc3-4)ccc2-c2ccc(-c3ccc4ccc5cccc6ccc3c4c56)cc21. The molecule has 314 valence electrons. The molecule has 2 aliphatic rings. The van der Waals surface area contributed by atoms with Gasteiger partial charge < -0.3 is 5.11 Å². The first-order valence-corrected chi connectivity index (χ1v) is 23.7. The van der Waals surface area contributed by atoms with Crippen LogP contribution in [0.3, 0.4) is 0 Å². The third-order valence-corrected chi connectivity index (χ3v) is 16.1. The highest BCUT2D eigenvalue weighted by Gasteiger charge is 2.38. The summed E-state index contributed by atoms with van der Waals surface area (Å²) in [4.78, 5) is 0. The first kappa shape index (κ1) is 38.0. The molecule has 1 N–H and O–H groups in total. The quantitative estimate of drug-likeness (QED) is 0.165. The van der Waals surface area contributed by atoms with Gasteiger partial charge in [-0.25, -0.2) is 0 Å². The second kappa shape index (κ2) is 13.4. The minimum atomic E-state index is -0.167. The Morgan fingerprint density at radius 3 is 1.15 bits per heavy atom. The van der Waals surface area contributed by atoms with E-state index in [2.05, 4.69) is 204 Å². The summed E-state index contributed by atoms with van der Waals surface area (Å²) in [5.74, 6) is 0. The summed E-state index contributed by atoms with van der Waals surface area (Å²) in [7, 11) is 0. The maximum absolute atomic E-state index is 9.49. The number of aliphatic hydroxyl groups is 1.